The van der Waals surface area contributed by atoms with Gasteiger partial charge in [0.25, 0.3) is 0 Å². The molecule has 0 fully saturated rings. The van der Waals surface area contributed by atoms with E-state index in [4.69, 9.17) is 5.73 Å². The molecule has 0 aliphatic rings. The Morgan fingerprint density at radius 3 is 2.41 bits per heavy atom. The smallest absolute Gasteiger partial charge is 0.181 e. The van der Waals surface area contributed by atoms with Crippen molar-refractivity contribution >= 4 is 38.1 Å². The summed E-state index contributed by atoms with van der Waals surface area (Å²) in [5, 5.41) is 0.608. The van der Waals surface area contributed by atoms with Crippen LogP contribution in [-0.4, -0.2) is 19.1 Å². The van der Waals surface area contributed by atoms with Crippen molar-refractivity contribution in [2.75, 3.05) is 24.7 Å². The van der Waals surface area contributed by atoms with E-state index in [1.165, 1.54) is 27.5 Å². The van der Waals surface area contributed by atoms with Gasteiger partial charge >= 0.3 is 0 Å². The lowest BCUT2D eigenvalue weighted by Crippen LogP contribution is -2.08. The SMILES string of the molecule is CN(C)c1ccc(Cc2sc(N)nc2Br)cc1. The van der Waals surface area contributed by atoms with Crippen LogP contribution in [-0.2, 0) is 6.42 Å². The van der Waals surface area contributed by atoms with Gasteiger partial charge in [-0.25, -0.2) is 4.98 Å². The Bertz CT molecular complexity index is 505. The predicted molar refractivity (Wildman–Crippen MR) is 77.8 cm³/mol. The molecule has 0 saturated carbocycles. The standard InChI is InChI=1S/C12H14BrN3S/c1-16(2)9-5-3-8(4-6-9)7-10-11(13)15-12(14)17-10/h3-6H,7H2,1-2H3,(H2,14,15). The largest absolute Gasteiger partial charge is 0.378 e. The minimum Gasteiger partial charge on any atom is -0.378 e. The Labute approximate surface area is 113 Å². The van der Waals surface area contributed by atoms with Gasteiger partial charge in [0.05, 0.1) is 0 Å². The summed E-state index contributed by atoms with van der Waals surface area (Å²) in [5.41, 5.74) is 8.14. The van der Waals surface area contributed by atoms with Crippen molar-refractivity contribution in [2.45, 2.75) is 6.42 Å². The number of anilines is 2. The average Bonchev–Trinajstić information content (AvgIpc) is 2.58. The van der Waals surface area contributed by atoms with Gasteiger partial charge in [0.2, 0.25) is 0 Å². The number of hydrogen-bond donors (Lipinski definition) is 1. The van der Waals surface area contributed by atoms with Crippen molar-refractivity contribution < 1.29 is 0 Å². The van der Waals surface area contributed by atoms with Crippen LogP contribution < -0.4 is 10.6 Å². The van der Waals surface area contributed by atoms with E-state index in [-0.39, 0.29) is 0 Å². The van der Waals surface area contributed by atoms with Crippen LogP contribution in [0.3, 0.4) is 0 Å². The van der Waals surface area contributed by atoms with Gasteiger partial charge in [-0.3, -0.25) is 0 Å². The first kappa shape index (κ1) is 12.4. The highest BCUT2D eigenvalue weighted by Crippen LogP contribution is 2.27. The van der Waals surface area contributed by atoms with Crippen molar-refractivity contribution in [3.8, 4) is 0 Å². The molecule has 0 radical (unpaired) electrons. The van der Waals surface area contributed by atoms with E-state index in [0.717, 1.165) is 11.0 Å². The molecule has 0 aliphatic heterocycles. The van der Waals surface area contributed by atoms with Crippen LogP contribution in [0.4, 0.5) is 10.8 Å². The maximum absolute atomic E-state index is 5.67. The minimum atomic E-state index is 0.608. The molecule has 0 aliphatic carbocycles. The Hall–Kier alpha value is -1.07. The van der Waals surface area contributed by atoms with Crippen LogP contribution in [0.25, 0.3) is 0 Å². The fraction of sp³-hybridized carbons (Fsp3) is 0.250. The van der Waals surface area contributed by atoms with Crippen LogP contribution in [0, 0.1) is 0 Å². The summed E-state index contributed by atoms with van der Waals surface area (Å²) in [6, 6.07) is 8.51. The Morgan fingerprint density at radius 2 is 1.94 bits per heavy atom. The fourth-order valence-electron chi connectivity index (χ4n) is 1.56. The first-order chi connectivity index (χ1) is 8.06. The summed E-state index contributed by atoms with van der Waals surface area (Å²) in [6.07, 6.45) is 0.864. The van der Waals surface area contributed by atoms with Crippen LogP contribution in [0.1, 0.15) is 10.4 Å². The number of hydrogen-bond acceptors (Lipinski definition) is 4. The highest BCUT2D eigenvalue weighted by molar-refractivity contribution is 9.10. The Balaban J connectivity index is 2.16. The zero-order chi connectivity index (χ0) is 12.4. The summed E-state index contributed by atoms with van der Waals surface area (Å²) < 4.78 is 0.858. The van der Waals surface area contributed by atoms with Gasteiger partial charge in [0, 0.05) is 31.1 Å². The van der Waals surface area contributed by atoms with E-state index >= 15 is 0 Å². The molecule has 2 N–H and O–H groups in total. The van der Waals surface area contributed by atoms with E-state index in [2.05, 4.69) is 50.1 Å². The van der Waals surface area contributed by atoms with Gasteiger partial charge in [-0.15, -0.1) is 11.3 Å². The second-order valence-electron chi connectivity index (χ2n) is 4.00. The molecule has 2 rings (SSSR count). The van der Waals surface area contributed by atoms with E-state index in [1.54, 1.807) is 0 Å². The lowest BCUT2D eigenvalue weighted by molar-refractivity contribution is 1.12. The van der Waals surface area contributed by atoms with Crippen molar-refractivity contribution in [1.82, 2.24) is 4.98 Å². The number of halogens is 1. The third-order valence-electron chi connectivity index (χ3n) is 2.48. The van der Waals surface area contributed by atoms with Crippen LogP contribution >= 0.6 is 27.3 Å². The van der Waals surface area contributed by atoms with E-state index in [0.29, 0.717) is 5.13 Å². The second kappa shape index (κ2) is 5.06. The molecule has 1 aromatic heterocycles. The molecule has 0 atom stereocenters. The molecular weight excluding hydrogens is 298 g/mol. The number of nitrogen functional groups attached to an aromatic ring is 1. The van der Waals surface area contributed by atoms with Gasteiger partial charge < -0.3 is 10.6 Å². The zero-order valence-corrected chi connectivity index (χ0v) is 12.2. The van der Waals surface area contributed by atoms with Gasteiger partial charge in [-0.05, 0) is 33.6 Å². The summed E-state index contributed by atoms with van der Waals surface area (Å²) in [4.78, 5) is 7.41. The summed E-state index contributed by atoms with van der Waals surface area (Å²) >= 11 is 4.95. The molecule has 3 nitrogen and oxygen atoms in total. The first-order valence-corrected chi connectivity index (χ1v) is 6.84. The molecule has 0 amide bonds. The van der Waals surface area contributed by atoms with Crippen molar-refractivity contribution in [1.29, 1.82) is 0 Å². The number of nitrogens with zero attached hydrogens (tertiary/aromatic N) is 2. The predicted octanol–water partition coefficient (Wildman–Crippen LogP) is 3.14. The Morgan fingerprint density at radius 1 is 1.29 bits per heavy atom. The molecule has 0 spiro atoms. The normalized spacial score (nSPS) is 10.5. The monoisotopic (exact) mass is 311 g/mol. The number of aromatic nitrogens is 1. The maximum atomic E-state index is 5.67. The molecule has 0 saturated heterocycles. The molecule has 1 heterocycles. The zero-order valence-electron chi connectivity index (χ0n) is 9.77. The van der Waals surface area contributed by atoms with E-state index < -0.39 is 0 Å². The van der Waals surface area contributed by atoms with E-state index in [9.17, 15) is 0 Å². The lowest BCUT2D eigenvalue weighted by atomic mass is 10.1. The first-order valence-electron chi connectivity index (χ1n) is 5.23. The van der Waals surface area contributed by atoms with Gasteiger partial charge in [0.1, 0.15) is 4.60 Å². The average molecular weight is 312 g/mol. The fourth-order valence-corrected chi connectivity index (χ4v) is 3.01. The maximum Gasteiger partial charge on any atom is 0.181 e. The van der Waals surface area contributed by atoms with E-state index in [1.807, 2.05) is 14.1 Å². The lowest BCUT2D eigenvalue weighted by Gasteiger charge is -2.12. The van der Waals surface area contributed by atoms with Gasteiger partial charge in [0.15, 0.2) is 5.13 Å². The topological polar surface area (TPSA) is 42.1 Å². The summed E-state index contributed by atoms with van der Waals surface area (Å²) in [6.45, 7) is 0. The van der Waals surface area contributed by atoms with Crippen LogP contribution in [0.5, 0.6) is 0 Å². The Kier molecular flexibility index (Phi) is 3.69. The summed E-state index contributed by atoms with van der Waals surface area (Å²) in [5.74, 6) is 0. The molecule has 17 heavy (non-hydrogen) atoms. The molecule has 2 aromatic rings. The molecule has 1 aromatic carbocycles. The van der Waals surface area contributed by atoms with Crippen molar-refractivity contribution in [3.05, 3.63) is 39.3 Å². The van der Waals surface area contributed by atoms with Crippen LogP contribution in [0.15, 0.2) is 28.9 Å². The third-order valence-corrected chi connectivity index (χ3v) is 4.29. The molecule has 90 valence electrons. The highest BCUT2D eigenvalue weighted by Gasteiger charge is 2.07. The quantitative estimate of drug-likeness (QED) is 0.947. The van der Waals surface area contributed by atoms with Crippen LogP contribution in [0.2, 0.25) is 0 Å². The number of thiazole rings is 1. The molecule has 5 heteroatoms. The number of nitrogens with two attached hydrogens (primary N) is 1. The number of benzene rings is 1. The van der Waals surface area contributed by atoms with Gasteiger partial charge in [-0.1, -0.05) is 12.1 Å². The van der Waals surface area contributed by atoms with Crippen molar-refractivity contribution in [2.24, 2.45) is 0 Å². The molecular formula is C12H14BrN3S. The minimum absolute atomic E-state index is 0.608. The van der Waals surface area contributed by atoms with Gasteiger partial charge in [-0.2, -0.15) is 0 Å². The second-order valence-corrected chi connectivity index (χ2v) is 5.87. The molecule has 0 bridgehead atoms. The third kappa shape index (κ3) is 2.98. The summed E-state index contributed by atoms with van der Waals surface area (Å²) in [7, 11) is 4.07. The number of rotatable bonds is 3. The molecule has 0 unspecified atom stereocenters. The highest BCUT2D eigenvalue weighted by atomic mass is 79.9. The van der Waals surface area contributed by atoms with Crippen molar-refractivity contribution in [3.63, 3.8) is 0 Å².